The highest BCUT2D eigenvalue weighted by Gasteiger charge is 2.16. The number of carbonyl (C=O) groups excluding carboxylic acids is 2. The van der Waals surface area contributed by atoms with Gasteiger partial charge in [-0.15, -0.1) is 11.8 Å². The van der Waals surface area contributed by atoms with E-state index in [-0.39, 0.29) is 11.8 Å². The molecule has 0 bridgehead atoms. The SMILES string of the molecule is O=C(Nc1ccc(C(=O)NCCCN2CCc3ccccc3C2)cc1)C1=CSCCO1. The first-order valence-electron chi connectivity index (χ1n) is 10.6. The first-order chi connectivity index (χ1) is 15.2. The standard InChI is InChI=1S/C24H27N3O3S/c28-23(25-11-3-12-27-13-10-18-4-1-2-5-20(18)16-27)19-6-8-21(9-7-19)26-24(29)22-17-31-15-14-30-22/h1-2,4-9,17H,3,10-16H2,(H,25,28)(H,26,29). The number of benzene rings is 2. The molecule has 31 heavy (non-hydrogen) atoms. The predicted molar refractivity (Wildman–Crippen MR) is 124 cm³/mol. The van der Waals surface area contributed by atoms with E-state index in [1.54, 1.807) is 41.4 Å². The van der Waals surface area contributed by atoms with Crippen LogP contribution in [0, 0.1) is 0 Å². The number of anilines is 1. The Labute approximate surface area is 187 Å². The molecule has 7 heteroatoms. The maximum Gasteiger partial charge on any atom is 0.291 e. The van der Waals surface area contributed by atoms with Gasteiger partial charge in [0.25, 0.3) is 11.8 Å². The van der Waals surface area contributed by atoms with E-state index in [9.17, 15) is 9.59 Å². The van der Waals surface area contributed by atoms with Gasteiger partial charge in [0, 0.05) is 48.6 Å². The number of nitrogens with zero attached hydrogens (tertiary/aromatic N) is 1. The summed E-state index contributed by atoms with van der Waals surface area (Å²) in [6.07, 6.45) is 2.00. The van der Waals surface area contributed by atoms with Crippen LogP contribution in [-0.4, -0.2) is 48.7 Å². The molecule has 0 atom stereocenters. The fraction of sp³-hybridized carbons (Fsp3) is 0.333. The Bertz CT molecular complexity index is 959. The van der Waals surface area contributed by atoms with E-state index in [1.807, 2.05) is 0 Å². The molecule has 6 nitrogen and oxygen atoms in total. The topological polar surface area (TPSA) is 70.7 Å². The molecule has 2 N–H and O–H groups in total. The lowest BCUT2D eigenvalue weighted by atomic mass is 10.00. The fourth-order valence-corrected chi connectivity index (χ4v) is 4.36. The van der Waals surface area contributed by atoms with Crippen LogP contribution in [0.2, 0.25) is 0 Å². The van der Waals surface area contributed by atoms with Crippen molar-refractivity contribution in [3.8, 4) is 0 Å². The Morgan fingerprint density at radius 2 is 1.84 bits per heavy atom. The van der Waals surface area contributed by atoms with Crippen LogP contribution in [0.1, 0.15) is 27.9 Å². The van der Waals surface area contributed by atoms with Gasteiger partial charge < -0.3 is 15.4 Å². The van der Waals surface area contributed by atoms with E-state index < -0.39 is 0 Å². The summed E-state index contributed by atoms with van der Waals surface area (Å²) in [4.78, 5) is 27.0. The Kier molecular flexibility index (Phi) is 7.27. The van der Waals surface area contributed by atoms with E-state index in [0.717, 1.165) is 38.2 Å². The fourth-order valence-electron chi connectivity index (χ4n) is 3.74. The summed E-state index contributed by atoms with van der Waals surface area (Å²) in [6.45, 7) is 4.19. The first-order valence-corrected chi connectivity index (χ1v) is 11.7. The Morgan fingerprint density at radius 3 is 2.61 bits per heavy atom. The van der Waals surface area contributed by atoms with Gasteiger partial charge in [0.05, 0.1) is 6.61 Å². The van der Waals surface area contributed by atoms with E-state index in [1.165, 1.54) is 11.1 Å². The molecular weight excluding hydrogens is 410 g/mol. The number of thioether (sulfide) groups is 1. The number of ether oxygens (including phenoxy) is 1. The van der Waals surface area contributed by atoms with Gasteiger partial charge in [-0.1, -0.05) is 24.3 Å². The highest BCUT2D eigenvalue weighted by atomic mass is 32.2. The van der Waals surface area contributed by atoms with Crippen molar-refractivity contribution in [2.24, 2.45) is 0 Å². The van der Waals surface area contributed by atoms with Crippen LogP contribution < -0.4 is 10.6 Å². The highest BCUT2D eigenvalue weighted by molar-refractivity contribution is 8.02. The van der Waals surface area contributed by atoms with E-state index >= 15 is 0 Å². The zero-order valence-corrected chi connectivity index (χ0v) is 18.2. The zero-order chi connectivity index (χ0) is 21.5. The molecule has 2 aliphatic heterocycles. The van der Waals surface area contributed by atoms with Crippen molar-refractivity contribution in [1.82, 2.24) is 10.2 Å². The zero-order valence-electron chi connectivity index (χ0n) is 17.4. The van der Waals surface area contributed by atoms with Crippen LogP contribution in [0.3, 0.4) is 0 Å². The molecule has 162 valence electrons. The number of hydrogen-bond acceptors (Lipinski definition) is 5. The number of fused-ring (bicyclic) bond motifs is 1. The van der Waals surface area contributed by atoms with Gasteiger partial charge in [0.15, 0.2) is 5.76 Å². The van der Waals surface area contributed by atoms with Gasteiger partial charge in [-0.25, -0.2) is 0 Å². The van der Waals surface area contributed by atoms with Crippen molar-refractivity contribution in [2.45, 2.75) is 19.4 Å². The number of amides is 2. The predicted octanol–water partition coefficient (Wildman–Crippen LogP) is 3.41. The smallest absolute Gasteiger partial charge is 0.291 e. The second-order valence-electron chi connectivity index (χ2n) is 7.64. The molecule has 0 aromatic heterocycles. The third-order valence-electron chi connectivity index (χ3n) is 5.42. The summed E-state index contributed by atoms with van der Waals surface area (Å²) in [5, 5.41) is 7.50. The lowest BCUT2D eigenvalue weighted by molar-refractivity contribution is -0.116. The van der Waals surface area contributed by atoms with Gasteiger partial charge in [-0.2, -0.15) is 0 Å². The molecule has 0 saturated carbocycles. The monoisotopic (exact) mass is 437 g/mol. The Hall–Kier alpha value is -2.77. The minimum Gasteiger partial charge on any atom is -0.487 e. The van der Waals surface area contributed by atoms with Crippen molar-refractivity contribution in [3.63, 3.8) is 0 Å². The maximum absolute atomic E-state index is 12.4. The summed E-state index contributed by atoms with van der Waals surface area (Å²) in [7, 11) is 0. The van der Waals surface area contributed by atoms with E-state index in [4.69, 9.17) is 4.74 Å². The molecule has 0 spiro atoms. The molecule has 2 aliphatic rings. The van der Waals surface area contributed by atoms with Crippen LogP contribution in [0.15, 0.2) is 59.7 Å². The summed E-state index contributed by atoms with van der Waals surface area (Å²) < 4.78 is 5.35. The average molecular weight is 438 g/mol. The van der Waals surface area contributed by atoms with E-state index in [0.29, 0.717) is 30.2 Å². The van der Waals surface area contributed by atoms with Crippen molar-refractivity contribution in [3.05, 3.63) is 76.4 Å². The maximum atomic E-state index is 12.4. The van der Waals surface area contributed by atoms with Gasteiger partial charge in [0.2, 0.25) is 0 Å². The molecule has 2 amide bonds. The first kappa shape index (κ1) is 21.5. The lowest BCUT2D eigenvalue weighted by Crippen LogP contribution is -2.33. The minimum absolute atomic E-state index is 0.100. The third-order valence-corrected chi connectivity index (χ3v) is 6.21. The summed E-state index contributed by atoms with van der Waals surface area (Å²) in [5.74, 6) is 0.809. The summed E-state index contributed by atoms with van der Waals surface area (Å²) >= 11 is 1.56. The van der Waals surface area contributed by atoms with Crippen LogP contribution in [0.25, 0.3) is 0 Å². The third kappa shape index (κ3) is 5.89. The van der Waals surface area contributed by atoms with Gasteiger partial charge in [-0.3, -0.25) is 14.5 Å². The minimum atomic E-state index is -0.273. The average Bonchev–Trinajstić information content (AvgIpc) is 2.82. The molecule has 2 heterocycles. The molecule has 2 aromatic carbocycles. The molecule has 2 aromatic rings. The largest absolute Gasteiger partial charge is 0.487 e. The normalized spacial score (nSPS) is 15.9. The molecule has 4 rings (SSSR count). The molecule has 0 aliphatic carbocycles. The quantitative estimate of drug-likeness (QED) is 0.650. The van der Waals surface area contributed by atoms with Crippen LogP contribution in [0.4, 0.5) is 5.69 Å². The number of hydrogen-bond donors (Lipinski definition) is 2. The van der Waals surface area contributed by atoms with Gasteiger partial charge in [0.1, 0.15) is 0 Å². The van der Waals surface area contributed by atoms with Crippen molar-refractivity contribution < 1.29 is 14.3 Å². The molecule has 0 radical (unpaired) electrons. The molecule has 0 saturated heterocycles. The molecular formula is C24H27N3O3S. The summed E-state index contributed by atoms with van der Waals surface area (Å²) in [5.41, 5.74) is 4.07. The van der Waals surface area contributed by atoms with Crippen molar-refractivity contribution in [2.75, 3.05) is 37.3 Å². The second kappa shape index (κ2) is 10.5. The molecule has 0 fully saturated rings. The van der Waals surface area contributed by atoms with Crippen LogP contribution in [-0.2, 0) is 22.5 Å². The van der Waals surface area contributed by atoms with Gasteiger partial charge in [-0.05, 0) is 48.2 Å². The molecule has 0 unspecified atom stereocenters. The second-order valence-corrected chi connectivity index (χ2v) is 8.61. The van der Waals surface area contributed by atoms with Crippen molar-refractivity contribution in [1.29, 1.82) is 0 Å². The van der Waals surface area contributed by atoms with E-state index in [2.05, 4.69) is 39.8 Å². The summed E-state index contributed by atoms with van der Waals surface area (Å²) in [6, 6.07) is 15.5. The number of rotatable bonds is 7. The van der Waals surface area contributed by atoms with Gasteiger partial charge >= 0.3 is 0 Å². The van der Waals surface area contributed by atoms with Crippen LogP contribution in [0.5, 0.6) is 0 Å². The van der Waals surface area contributed by atoms with Crippen LogP contribution >= 0.6 is 11.8 Å². The lowest BCUT2D eigenvalue weighted by Gasteiger charge is -2.28. The Morgan fingerprint density at radius 1 is 1.03 bits per heavy atom. The van der Waals surface area contributed by atoms with Crippen molar-refractivity contribution >= 4 is 29.3 Å². The Balaban J connectivity index is 1.19. The number of carbonyl (C=O) groups is 2. The number of nitrogens with one attached hydrogen (secondary N) is 2. The highest BCUT2D eigenvalue weighted by Crippen LogP contribution is 2.19.